The second kappa shape index (κ2) is 8.67. The molecule has 0 bridgehead atoms. The fourth-order valence-electron chi connectivity index (χ4n) is 3.39. The van der Waals surface area contributed by atoms with Gasteiger partial charge in [-0.3, -0.25) is 9.69 Å². The third kappa shape index (κ3) is 4.60. The second-order valence-electron chi connectivity index (χ2n) is 6.41. The van der Waals surface area contributed by atoms with Crippen molar-refractivity contribution in [2.75, 3.05) is 19.6 Å². The monoisotopic (exact) mass is 338 g/mol. The highest BCUT2D eigenvalue weighted by Crippen LogP contribution is 2.25. The highest BCUT2D eigenvalue weighted by atomic mass is 16.3. The molecule has 0 aliphatic carbocycles. The summed E-state index contributed by atoms with van der Waals surface area (Å²) in [5, 5.41) is 3.07. The van der Waals surface area contributed by atoms with Gasteiger partial charge in [0.05, 0.1) is 12.3 Å². The first kappa shape index (κ1) is 17.5. The Labute approximate surface area is 149 Å². The molecule has 1 amide bonds. The Morgan fingerprint density at radius 3 is 2.60 bits per heavy atom. The number of rotatable bonds is 7. The van der Waals surface area contributed by atoms with Gasteiger partial charge in [-0.05, 0) is 55.6 Å². The lowest BCUT2D eigenvalue weighted by molar-refractivity contribution is -0.116. The summed E-state index contributed by atoms with van der Waals surface area (Å²) in [5.41, 5.74) is 2.15. The maximum absolute atomic E-state index is 12.4. The van der Waals surface area contributed by atoms with Crippen molar-refractivity contribution >= 4 is 11.5 Å². The SMILES string of the molecule is CC/C(=C\C(=O)NCC(c1ccco1)N1CCCC1)c1ccccc1. The molecule has 4 heteroatoms. The third-order valence-corrected chi connectivity index (χ3v) is 4.75. The summed E-state index contributed by atoms with van der Waals surface area (Å²) >= 11 is 0. The molecular weight excluding hydrogens is 312 g/mol. The number of nitrogens with one attached hydrogen (secondary N) is 1. The summed E-state index contributed by atoms with van der Waals surface area (Å²) in [5.74, 6) is 0.876. The van der Waals surface area contributed by atoms with Gasteiger partial charge >= 0.3 is 0 Å². The molecule has 25 heavy (non-hydrogen) atoms. The average Bonchev–Trinajstić information content (AvgIpc) is 3.35. The van der Waals surface area contributed by atoms with Crippen LogP contribution in [0.25, 0.3) is 5.57 Å². The molecule has 1 atom stereocenters. The Morgan fingerprint density at radius 1 is 1.20 bits per heavy atom. The Hall–Kier alpha value is -2.33. The molecule has 1 aliphatic rings. The Balaban J connectivity index is 1.66. The van der Waals surface area contributed by atoms with Gasteiger partial charge in [0.25, 0.3) is 0 Å². The Kier molecular flexibility index (Phi) is 6.07. The van der Waals surface area contributed by atoms with Crippen LogP contribution in [0.4, 0.5) is 0 Å². The number of amides is 1. The number of likely N-dealkylation sites (tertiary alicyclic amines) is 1. The number of furan rings is 1. The summed E-state index contributed by atoms with van der Waals surface area (Å²) < 4.78 is 5.60. The van der Waals surface area contributed by atoms with E-state index >= 15 is 0 Å². The van der Waals surface area contributed by atoms with E-state index in [1.807, 2.05) is 42.5 Å². The summed E-state index contributed by atoms with van der Waals surface area (Å²) in [6.45, 7) is 4.75. The molecule has 1 aromatic carbocycles. The van der Waals surface area contributed by atoms with Crippen LogP contribution in [0.2, 0.25) is 0 Å². The highest BCUT2D eigenvalue weighted by molar-refractivity contribution is 5.95. The molecule has 1 saturated heterocycles. The van der Waals surface area contributed by atoms with Crippen LogP contribution in [0.5, 0.6) is 0 Å². The van der Waals surface area contributed by atoms with E-state index in [9.17, 15) is 4.79 Å². The smallest absolute Gasteiger partial charge is 0.244 e. The first-order valence-electron chi connectivity index (χ1n) is 9.09. The Morgan fingerprint density at radius 2 is 1.96 bits per heavy atom. The van der Waals surface area contributed by atoms with E-state index in [0.29, 0.717) is 6.54 Å². The summed E-state index contributed by atoms with van der Waals surface area (Å²) in [6.07, 6.45) is 6.66. The maximum Gasteiger partial charge on any atom is 0.244 e. The number of hydrogen-bond donors (Lipinski definition) is 1. The molecule has 2 aromatic rings. The average molecular weight is 338 g/mol. The molecule has 132 valence electrons. The molecule has 0 spiro atoms. The van der Waals surface area contributed by atoms with Gasteiger partial charge in [0.2, 0.25) is 5.91 Å². The van der Waals surface area contributed by atoms with Crippen LogP contribution in [-0.4, -0.2) is 30.4 Å². The van der Waals surface area contributed by atoms with Crippen LogP contribution < -0.4 is 5.32 Å². The van der Waals surface area contributed by atoms with Gasteiger partial charge < -0.3 is 9.73 Å². The molecule has 0 radical (unpaired) electrons. The molecule has 1 fully saturated rings. The van der Waals surface area contributed by atoms with Gasteiger partial charge in [0, 0.05) is 12.6 Å². The highest BCUT2D eigenvalue weighted by Gasteiger charge is 2.25. The van der Waals surface area contributed by atoms with Crippen molar-refractivity contribution in [3.8, 4) is 0 Å². The van der Waals surface area contributed by atoms with Crippen molar-refractivity contribution in [2.24, 2.45) is 0 Å². The molecule has 1 N–H and O–H groups in total. The van der Waals surface area contributed by atoms with Crippen LogP contribution >= 0.6 is 0 Å². The molecule has 4 nitrogen and oxygen atoms in total. The minimum atomic E-state index is -0.0449. The number of carbonyl (C=O) groups excluding carboxylic acids is 1. The molecule has 1 aromatic heterocycles. The summed E-state index contributed by atoms with van der Waals surface area (Å²) in [4.78, 5) is 14.8. The zero-order valence-corrected chi connectivity index (χ0v) is 14.8. The zero-order valence-electron chi connectivity index (χ0n) is 14.8. The maximum atomic E-state index is 12.4. The van der Waals surface area contributed by atoms with Gasteiger partial charge in [-0.2, -0.15) is 0 Å². The number of allylic oxidation sites excluding steroid dienone is 1. The summed E-state index contributed by atoms with van der Waals surface area (Å²) in [7, 11) is 0. The van der Waals surface area contributed by atoms with Gasteiger partial charge in [-0.1, -0.05) is 37.3 Å². The van der Waals surface area contributed by atoms with E-state index in [1.54, 1.807) is 12.3 Å². The van der Waals surface area contributed by atoms with E-state index in [4.69, 9.17) is 4.42 Å². The van der Waals surface area contributed by atoms with E-state index in [2.05, 4.69) is 17.1 Å². The van der Waals surface area contributed by atoms with Crippen molar-refractivity contribution < 1.29 is 9.21 Å². The number of nitrogens with zero attached hydrogens (tertiary/aromatic N) is 1. The van der Waals surface area contributed by atoms with Crippen molar-refractivity contribution in [1.29, 1.82) is 0 Å². The Bertz CT molecular complexity index is 686. The lowest BCUT2D eigenvalue weighted by Crippen LogP contribution is -2.36. The first-order valence-corrected chi connectivity index (χ1v) is 9.09. The van der Waals surface area contributed by atoms with Gasteiger partial charge in [0.15, 0.2) is 0 Å². The molecular formula is C21H26N2O2. The van der Waals surface area contributed by atoms with Crippen molar-refractivity contribution in [3.63, 3.8) is 0 Å². The predicted molar refractivity (Wildman–Crippen MR) is 100.0 cm³/mol. The van der Waals surface area contributed by atoms with E-state index in [-0.39, 0.29) is 11.9 Å². The fraction of sp³-hybridized carbons (Fsp3) is 0.381. The molecule has 0 saturated carbocycles. The zero-order chi connectivity index (χ0) is 17.5. The molecule has 1 unspecified atom stereocenters. The number of carbonyl (C=O) groups is 1. The second-order valence-corrected chi connectivity index (χ2v) is 6.41. The first-order chi connectivity index (χ1) is 12.3. The van der Waals surface area contributed by atoms with E-state index in [1.165, 1.54) is 12.8 Å². The lowest BCUT2D eigenvalue weighted by Gasteiger charge is -2.25. The largest absolute Gasteiger partial charge is 0.468 e. The van der Waals surface area contributed by atoms with Gasteiger partial charge in [-0.15, -0.1) is 0 Å². The lowest BCUT2D eigenvalue weighted by atomic mass is 10.0. The van der Waals surface area contributed by atoms with Crippen LogP contribution in [0.1, 0.15) is 43.6 Å². The van der Waals surface area contributed by atoms with Crippen LogP contribution in [0, 0.1) is 0 Å². The quantitative estimate of drug-likeness (QED) is 0.775. The van der Waals surface area contributed by atoms with Crippen molar-refractivity contribution in [3.05, 3.63) is 66.1 Å². The summed E-state index contributed by atoms with van der Waals surface area (Å²) in [6, 6.07) is 14.1. The fourth-order valence-corrected chi connectivity index (χ4v) is 3.39. The normalized spacial score (nSPS) is 16.8. The predicted octanol–water partition coefficient (Wildman–Crippen LogP) is 4.03. The van der Waals surface area contributed by atoms with Crippen LogP contribution in [0.3, 0.4) is 0 Å². The van der Waals surface area contributed by atoms with Gasteiger partial charge in [-0.25, -0.2) is 0 Å². The molecule has 1 aliphatic heterocycles. The van der Waals surface area contributed by atoms with Crippen molar-refractivity contribution in [1.82, 2.24) is 10.2 Å². The van der Waals surface area contributed by atoms with E-state index < -0.39 is 0 Å². The van der Waals surface area contributed by atoms with Crippen LogP contribution in [0.15, 0.2) is 59.2 Å². The number of benzene rings is 1. The number of hydrogen-bond acceptors (Lipinski definition) is 3. The van der Waals surface area contributed by atoms with E-state index in [0.717, 1.165) is 36.4 Å². The third-order valence-electron chi connectivity index (χ3n) is 4.75. The minimum Gasteiger partial charge on any atom is -0.468 e. The van der Waals surface area contributed by atoms with Gasteiger partial charge in [0.1, 0.15) is 5.76 Å². The molecule has 2 heterocycles. The van der Waals surface area contributed by atoms with Crippen LogP contribution in [-0.2, 0) is 4.79 Å². The minimum absolute atomic E-state index is 0.0449. The topological polar surface area (TPSA) is 45.5 Å². The molecule has 3 rings (SSSR count). The standard InChI is InChI=1S/C21H26N2O2/c1-2-17(18-9-4-3-5-10-18)15-21(24)22-16-19(20-11-8-14-25-20)23-12-6-7-13-23/h3-5,8-11,14-15,19H,2,6-7,12-13,16H2,1H3,(H,22,24)/b17-15+. The van der Waals surface area contributed by atoms with Crippen molar-refractivity contribution in [2.45, 2.75) is 32.2 Å².